The molecule has 166 valence electrons. The Labute approximate surface area is 205 Å². The lowest BCUT2D eigenvalue weighted by Gasteiger charge is -2.10. The number of hydrogen-bond donors (Lipinski definition) is 1. The Morgan fingerprint density at radius 1 is 1.09 bits per heavy atom. The van der Waals surface area contributed by atoms with Gasteiger partial charge >= 0.3 is 6.18 Å². The van der Waals surface area contributed by atoms with Gasteiger partial charge in [-0.15, -0.1) is 0 Å². The van der Waals surface area contributed by atoms with Gasteiger partial charge in [0.15, 0.2) is 0 Å². The van der Waals surface area contributed by atoms with E-state index in [-0.39, 0.29) is 12.2 Å². The third-order valence-electron chi connectivity index (χ3n) is 4.19. The zero-order valence-electron chi connectivity index (χ0n) is 16.1. The Bertz CT molecular complexity index is 1170. The van der Waals surface area contributed by atoms with Crippen LogP contribution < -0.4 is 10.2 Å². The molecule has 0 spiro atoms. The van der Waals surface area contributed by atoms with Crippen LogP contribution >= 0.6 is 45.8 Å². The maximum absolute atomic E-state index is 12.8. The van der Waals surface area contributed by atoms with Crippen LogP contribution in [0.25, 0.3) is 0 Å². The van der Waals surface area contributed by atoms with Crippen LogP contribution in [0.5, 0.6) is 5.75 Å². The van der Waals surface area contributed by atoms with E-state index in [9.17, 15) is 18.0 Å². The molecule has 32 heavy (non-hydrogen) atoms. The van der Waals surface area contributed by atoms with Crippen LogP contribution in [0.3, 0.4) is 0 Å². The number of carbonyl (C=O) groups is 1. The second kappa shape index (κ2) is 10.5. The van der Waals surface area contributed by atoms with E-state index >= 15 is 0 Å². The number of nitrogens with zero attached hydrogens (tertiary/aromatic N) is 1. The Hall–Kier alpha value is -2.30. The van der Waals surface area contributed by atoms with Crippen LogP contribution in [0, 0.1) is 3.57 Å². The lowest BCUT2D eigenvalue weighted by Crippen LogP contribution is -2.18. The number of benzene rings is 3. The van der Waals surface area contributed by atoms with Crippen molar-refractivity contribution in [2.45, 2.75) is 12.8 Å². The maximum atomic E-state index is 12.8. The molecule has 0 atom stereocenters. The highest BCUT2D eigenvalue weighted by molar-refractivity contribution is 14.1. The van der Waals surface area contributed by atoms with Gasteiger partial charge in [0.1, 0.15) is 12.4 Å². The van der Waals surface area contributed by atoms with Crippen LogP contribution in [0.2, 0.25) is 10.0 Å². The number of carbonyl (C=O) groups excluding carboxylic acids is 1. The van der Waals surface area contributed by atoms with E-state index in [1.165, 1.54) is 18.3 Å². The summed E-state index contributed by atoms with van der Waals surface area (Å²) in [5, 5.41) is 4.86. The van der Waals surface area contributed by atoms with Gasteiger partial charge in [-0.05, 0) is 76.7 Å². The van der Waals surface area contributed by atoms with Crippen molar-refractivity contribution in [2.75, 3.05) is 0 Å². The van der Waals surface area contributed by atoms with E-state index in [0.717, 1.165) is 21.3 Å². The first kappa shape index (κ1) is 24.3. The number of rotatable bonds is 6. The molecule has 0 aliphatic carbocycles. The fourth-order valence-electron chi connectivity index (χ4n) is 2.58. The van der Waals surface area contributed by atoms with Crippen LogP contribution in [0.1, 0.15) is 27.0 Å². The van der Waals surface area contributed by atoms with Crippen molar-refractivity contribution in [3.63, 3.8) is 0 Å². The molecule has 1 amide bonds. The molecular weight excluding hydrogens is 579 g/mol. The number of alkyl halides is 3. The van der Waals surface area contributed by atoms with Crippen LogP contribution in [-0.2, 0) is 12.8 Å². The van der Waals surface area contributed by atoms with Gasteiger partial charge in [0.25, 0.3) is 5.91 Å². The molecule has 0 bridgehead atoms. The van der Waals surface area contributed by atoms with Gasteiger partial charge in [0, 0.05) is 21.2 Å². The van der Waals surface area contributed by atoms with Crippen LogP contribution in [-0.4, -0.2) is 12.1 Å². The highest BCUT2D eigenvalue weighted by Crippen LogP contribution is 2.29. The summed E-state index contributed by atoms with van der Waals surface area (Å²) in [5.74, 6) is -0.122. The van der Waals surface area contributed by atoms with Crippen molar-refractivity contribution in [3.05, 3.63) is 96.5 Å². The number of hydrazone groups is 1. The SMILES string of the molecule is O=C(N/N=C\c1ccc(OCc2ccc(Cl)cc2Cl)c(I)c1)c1cccc(C(F)(F)F)c1. The zero-order chi connectivity index (χ0) is 23.3. The zero-order valence-corrected chi connectivity index (χ0v) is 19.8. The summed E-state index contributed by atoms with van der Waals surface area (Å²) >= 11 is 14.1. The van der Waals surface area contributed by atoms with Crippen molar-refractivity contribution in [3.8, 4) is 5.75 Å². The van der Waals surface area contributed by atoms with E-state index in [0.29, 0.717) is 21.4 Å². The molecule has 0 aliphatic heterocycles. The summed E-state index contributed by atoms with van der Waals surface area (Å²) in [7, 11) is 0. The fourth-order valence-corrected chi connectivity index (χ4v) is 3.73. The van der Waals surface area contributed by atoms with Gasteiger partial charge in [0.05, 0.1) is 15.3 Å². The van der Waals surface area contributed by atoms with E-state index in [4.69, 9.17) is 27.9 Å². The molecule has 0 heterocycles. The van der Waals surface area contributed by atoms with Gasteiger partial charge in [-0.25, -0.2) is 5.43 Å². The van der Waals surface area contributed by atoms with E-state index in [1.54, 1.807) is 36.4 Å². The van der Waals surface area contributed by atoms with Crippen LogP contribution in [0.15, 0.2) is 65.8 Å². The lowest BCUT2D eigenvalue weighted by atomic mass is 10.1. The van der Waals surface area contributed by atoms with Crippen molar-refractivity contribution < 1.29 is 22.7 Å². The average molecular weight is 593 g/mol. The van der Waals surface area contributed by atoms with E-state index in [1.807, 2.05) is 0 Å². The Kier molecular flexibility index (Phi) is 8.02. The monoisotopic (exact) mass is 592 g/mol. The highest BCUT2D eigenvalue weighted by Gasteiger charge is 2.30. The minimum atomic E-state index is -4.53. The number of halogens is 6. The quantitative estimate of drug-likeness (QED) is 0.191. The van der Waals surface area contributed by atoms with Crippen molar-refractivity contribution in [2.24, 2.45) is 5.10 Å². The standard InChI is InChI=1S/C22H14Cl2F3IN2O2/c23-17-6-5-15(18(24)10-17)12-32-20-7-4-13(8-19(20)28)11-29-30-21(31)14-2-1-3-16(9-14)22(25,26)27/h1-11H,12H2,(H,30,31)/b29-11-. The van der Waals surface area contributed by atoms with Gasteiger partial charge in [0.2, 0.25) is 0 Å². The van der Waals surface area contributed by atoms with Crippen molar-refractivity contribution >= 4 is 57.9 Å². The van der Waals surface area contributed by atoms with E-state index in [2.05, 4.69) is 33.1 Å². The third-order valence-corrected chi connectivity index (χ3v) is 5.62. The van der Waals surface area contributed by atoms with E-state index < -0.39 is 17.6 Å². The first-order valence-corrected chi connectivity index (χ1v) is 10.8. The molecule has 0 aliphatic rings. The Morgan fingerprint density at radius 2 is 1.88 bits per heavy atom. The molecule has 3 rings (SSSR count). The number of nitrogens with one attached hydrogen (secondary N) is 1. The molecule has 3 aromatic carbocycles. The molecule has 10 heteroatoms. The molecule has 0 radical (unpaired) electrons. The largest absolute Gasteiger partial charge is 0.488 e. The summed E-state index contributed by atoms with van der Waals surface area (Å²) < 4.78 is 44.9. The third kappa shape index (κ3) is 6.60. The Balaban J connectivity index is 1.61. The topological polar surface area (TPSA) is 50.7 Å². The van der Waals surface area contributed by atoms with Gasteiger partial charge in [-0.3, -0.25) is 4.79 Å². The predicted molar refractivity (Wildman–Crippen MR) is 126 cm³/mol. The first-order chi connectivity index (χ1) is 15.1. The smallest absolute Gasteiger partial charge is 0.416 e. The molecule has 0 unspecified atom stereocenters. The summed E-state index contributed by atoms with van der Waals surface area (Å²) in [6.45, 7) is 0.256. The minimum absolute atomic E-state index is 0.142. The molecule has 0 aromatic heterocycles. The number of hydrogen-bond acceptors (Lipinski definition) is 3. The summed E-state index contributed by atoms with van der Waals surface area (Å²) in [6.07, 6.45) is -3.15. The molecule has 0 saturated heterocycles. The average Bonchev–Trinajstić information content (AvgIpc) is 2.73. The fraction of sp³-hybridized carbons (Fsp3) is 0.0909. The van der Waals surface area contributed by atoms with Crippen LogP contribution in [0.4, 0.5) is 13.2 Å². The second-order valence-corrected chi connectivity index (χ2v) is 8.50. The lowest BCUT2D eigenvalue weighted by molar-refractivity contribution is -0.137. The second-order valence-electron chi connectivity index (χ2n) is 6.49. The predicted octanol–water partition coefficient (Wildman–Crippen LogP) is 6.96. The highest BCUT2D eigenvalue weighted by atomic mass is 127. The first-order valence-electron chi connectivity index (χ1n) is 9.00. The summed E-state index contributed by atoms with van der Waals surface area (Å²) in [4.78, 5) is 12.1. The van der Waals surface area contributed by atoms with Crippen molar-refractivity contribution in [1.29, 1.82) is 0 Å². The molecule has 0 fully saturated rings. The molecule has 3 aromatic rings. The molecule has 0 saturated carbocycles. The van der Waals surface area contributed by atoms with Gasteiger partial charge < -0.3 is 4.74 Å². The van der Waals surface area contributed by atoms with Crippen molar-refractivity contribution in [1.82, 2.24) is 5.43 Å². The summed E-state index contributed by atoms with van der Waals surface area (Å²) in [5.41, 5.74) is 2.63. The maximum Gasteiger partial charge on any atom is 0.416 e. The van der Waals surface area contributed by atoms with Gasteiger partial charge in [-0.2, -0.15) is 18.3 Å². The Morgan fingerprint density at radius 3 is 2.56 bits per heavy atom. The number of amides is 1. The number of ether oxygens (including phenoxy) is 1. The normalized spacial score (nSPS) is 11.6. The minimum Gasteiger partial charge on any atom is -0.488 e. The summed E-state index contributed by atoms with van der Waals surface area (Å²) in [6, 6.07) is 14.5. The molecular formula is C22H14Cl2F3IN2O2. The van der Waals surface area contributed by atoms with Gasteiger partial charge in [-0.1, -0.05) is 35.3 Å². The molecule has 1 N–H and O–H groups in total. The molecule has 4 nitrogen and oxygen atoms in total.